The number of likely N-dealkylation sites (N-methyl/N-ethyl adjacent to an activating group) is 1. The van der Waals surface area contributed by atoms with Crippen LogP contribution in [-0.2, 0) is 22.5 Å². The van der Waals surface area contributed by atoms with E-state index in [2.05, 4.69) is 34.4 Å². The molecule has 3 aromatic rings. The van der Waals surface area contributed by atoms with Gasteiger partial charge in [-0.1, -0.05) is 0 Å². The number of carbonyl (C=O) groups is 1. The number of aromatic nitrogens is 4. The van der Waals surface area contributed by atoms with E-state index in [0.29, 0.717) is 5.95 Å². The van der Waals surface area contributed by atoms with Gasteiger partial charge in [0.1, 0.15) is 5.75 Å². The first-order chi connectivity index (χ1) is 16.5. The van der Waals surface area contributed by atoms with Crippen molar-refractivity contribution in [3.05, 3.63) is 35.2 Å². The van der Waals surface area contributed by atoms with Gasteiger partial charge in [-0.05, 0) is 69.3 Å². The number of hydrogen-bond acceptors (Lipinski definition) is 8. The average molecular weight is 465 g/mol. The predicted molar refractivity (Wildman–Crippen MR) is 129 cm³/mol. The minimum Gasteiger partial charge on any atom is -0.495 e. The van der Waals surface area contributed by atoms with Gasteiger partial charge in [0.25, 0.3) is 0 Å². The fourth-order valence-electron chi connectivity index (χ4n) is 5.22. The number of carbonyl (C=O) groups excluding carboxylic acids is 1. The number of anilines is 2. The summed E-state index contributed by atoms with van der Waals surface area (Å²) in [6.07, 6.45) is 6.19. The third-order valence-electron chi connectivity index (χ3n) is 7.18. The van der Waals surface area contributed by atoms with Crippen molar-refractivity contribution in [3.8, 4) is 5.75 Å². The van der Waals surface area contributed by atoms with Gasteiger partial charge in [0.2, 0.25) is 5.95 Å². The molecule has 1 N–H and O–H groups in total. The van der Waals surface area contributed by atoms with Crippen molar-refractivity contribution in [1.29, 1.82) is 0 Å². The predicted octanol–water partition coefficient (Wildman–Crippen LogP) is 3.78. The van der Waals surface area contributed by atoms with Gasteiger partial charge in [-0.25, -0.2) is 9.67 Å². The Morgan fingerprint density at radius 1 is 1.15 bits per heavy atom. The Labute approximate surface area is 199 Å². The zero-order valence-electron chi connectivity index (χ0n) is 20.3. The zero-order chi connectivity index (χ0) is 23.8. The summed E-state index contributed by atoms with van der Waals surface area (Å²) in [5.41, 5.74) is 5.20. The van der Waals surface area contributed by atoms with Gasteiger partial charge in [-0.3, -0.25) is 4.79 Å². The highest BCUT2D eigenvalue weighted by atomic mass is 16.5. The van der Waals surface area contributed by atoms with Gasteiger partial charge in [0.15, 0.2) is 5.65 Å². The van der Waals surface area contributed by atoms with E-state index in [9.17, 15) is 4.79 Å². The van der Waals surface area contributed by atoms with E-state index in [0.717, 1.165) is 73.4 Å². The first-order valence-corrected chi connectivity index (χ1v) is 11.9. The highest BCUT2D eigenvalue weighted by Crippen LogP contribution is 2.36. The van der Waals surface area contributed by atoms with Crippen LogP contribution in [0.1, 0.15) is 48.5 Å². The number of ether oxygens (including phenoxy) is 2. The number of nitrogens with zero attached hydrogens (tertiary/aromatic N) is 5. The van der Waals surface area contributed by atoms with Crippen molar-refractivity contribution in [3.63, 3.8) is 0 Å². The Hall–Kier alpha value is -3.20. The number of hydrogen-bond donors (Lipinski definition) is 1. The average Bonchev–Trinajstić information content (AvgIpc) is 3.18. The lowest BCUT2D eigenvalue weighted by atomic mass is 9.86. The lowest BCUT2D eigenvalue weighted by Gasteiger charge is -2.27. The molecular weight excluding hydrogens is 432 g/mol. The molecular formula is C25H32N6O3. The fourth-order valence-corrected chi connectivity index (χ4v) is 5.22. The molecule has 2 aliphatic rings. The van der Waals surface area contributed by atoms with Crippen LogP contribution in [0.5, 0.6) is 5.75 Å². The second-order valence-corrected chi connectivity index (χ2v) is 9.42. The smallest absolute Gasteiger partial charge is 0.308 e. The Morgan fingerprint density at radius 3 is 2.68 bits per heavy atom. The van der Waals surface area contributed by atoms with Crippen molar-refractivity contribution in [2.45, 2.75) is 51.6 Å². The molecule has 1 aliphatic carbocycles. The van der Waals surface area contributed by atoms with Crippen LogP contribution in [-0.4, -0.2) is 58.4 Å². The molecule has 1 aromatic carbocycles. The van der Waals surface area contributed by atoms with E-state index in [1.54, 1.807) is 7.11 Å². The van der Waals surface area contributed by atoms with E-state index in [1.807, 2.05) is 17.8 Å². The topological polar surface area (TPSA) is 94.4 Å². The molecule has 0 spiro atoms. The van der Waals surface area contributed by atoms with E-state index in [-0.39, 0.29) is 17.9 Å². The maximum Gasteiger partial charge on any atom is 0.308 e. The van der Waals surface area contributed by atoms with Gasteiger partial charge in [0, 0.05) is 19.3 Å². The van der Waals surface area contributed by atoms with Gasteiger partial charge < -0.3 is 19.7 Å². The standard InChI is InChI=1S/C25H32N6O3/c1-15-20-13-26-25(27-21-11-18-14-30(2)10-9-17(18)12-22(21)33-3)28-23(20)31(29-15)19-7-5-16(6-8-19)24(32)34-4/h11-13,16,19H,5-10,14H2,1-4H3,(H,26,27,28)/t16-,19+. The summed E-state index contributed by atoms with van der Waals surface area (Å²) in [5, 5.41) is 9.12. The normalized spacial score (nSPS) is 20.7. The molecule has 2 aromatic heterocycles. The summed E-state index contributed by atoms with van der Waals surface area (Å²) < 4.78 is 12.6. The molecule has 5 rings (SSSR count). The summed E-state index contributed by atoms with van der Waals surface area (Å²) in [6.45, 7) is 3.94. The zero-order valence-corrected chi connectivity index (χ0v) is 20.3. The maximum atomic E-state index is 11.9. The second-order valence-electron chi connectivity index (χ2n) is 9.42. The molecule has 1 aliphatic heterocycles. The van der Waals surface area contributed by atoms with Crippen LogP contribution in [0, 0.1) is 12.8 Å². The minimum atomic E-state index is -0.112. The van der Waals surface area contributed by atoms with Crippen molar-refractivity contribution in [2.24, 2.45) is 5.92 Å². The Bertz CT molecular complexity index is 1220. The summed E-state index contributed by atoms with van der Waals surface area (Å²) in [4.78, 5) is 23.7. The molecule has 3 heterocycles. The van der Waals surface area contributed by atoms with Gasteiger partial charge in [0.05, 0.1) is 42.9 Å². The quantitative estimate of drug-likeness (QED) is 0.570. The lowest BCUT2D eigenvalue weighted by Crippen LogP contribution is -2.26. The van der Waals surface area contributed by atoms with Crippen LogP contribution in [0.4, 0.5) is 11.6 Å². The fraction of sp³-hybridized carbons (Fsp3) is 0.520. The van der Waals surface area contributed by atoms with Crippen LogP contribution in [0.2, 0.25) is 0 Å². The molecule has 9 heteroatoms. The van der Waals surface area contributed by atoms with Crippen molar-refractivity contribution in [1.82, 2.24) is 24.6 Å². The molecule has 0 amide bonds. The number of methoxy groups -OCH3 is 2. The van der Waals surface area contributed by atoms with Crippen LogP contribution in [0.25, 0.3) is 11.0 Å². The molecule has 0 atom stereocenters. The lowest BCUT2D eigenvalue weighted by molar-refractivity contribution is -0.146. The number of rotatable bonds is 5. The molecule has 180 valence electrons. The van der Waals surface area contributed by atoms with Crippen molar-refractivity contribution >= 4 is 28.6 Å². The molecule has 9 nitrogen and oxygen atoms in total. The van der Waals surface area contributed by atoms with Crippen molar-refractivity contribution < 1.29 is 14.3 Å². The molecule has 0 bridgehead atoms. The Balaban J connectivity index is 1.43. The summed E-state index contributed by atoms with van der Waals surface area (Å²) >= 11 is 0. The molecule has 1 fully saturated rings. The third-order valence-corrected chi connectivity index (χ3v) is 7.18. The van der Waals surface area contributed by atoms with Crippen LogP contribution >= 0.6 is 0 Å². The first-order valence-electron chi connectivity index (χ1n) is 11.9. The van der Waals surface area contributed by atoms with Crippen LogP contribution in [0.15, 0.2) is 18.3 Å². The highest BCUT2D eigenvalue weighted by Gasteiger charge is 2.29. The summed E-state index contributed by atoms with van der Waals surface area (Å²) in [5.74, 6) is 1.17. The largest absolute Gasteiger partial charge is 0.495 e. The van der Waals surface area contributed by atoms with E-state index in [4.69, 9.17) is 19.6 Å². The van der Waals surface area contributed by atoms with E-state index < -0.39 is 0 Å². The number of esters is 1. The number of benzene rings is 1. The van der Waals surface area contributed by atoms with Gasteiger partial charge in [-0.2, -0.15) is 10.1 Å². The molecule has 34 heavy (non-hydrogen) atoms. The monoisotopic (exact) mass is 464 g/mol. The summed E-state index contributed by atoms with van der Waals surface area (Å²) in [7, 11) is 5.29. The second kappa shape index (κ2) is 9.21. The molecule has 0 saturated heterocycles. The SMILES string of the molecule is COc1cc2c(cc1Nc1ncc3c(C)nn([C@H]4CC[C@@H](C(=O)OC)CC4)c3n1)CN(C)CC2. The van der Waals surface area contributed by atoms with Crippen molar-refractivity contribution in [2.75, 3.05) is 33.1 Å². The Morgan fingerprint density at radius 2 is 1.94 bits per heavy atom. The molecule has 0 radical (unpaired) electrons. The molecule has 0 unspecified atom stereocenters. The highest BCUT2D eigenvalue weighted by molar-refractivity contribution is 5.79. The maximum absolute atomic E-state index is 11.9. The first kappa shape index (κ1) is 22.6. The van der Waals surface area contributed by atoms with Crippen LogP contribution in [0.3, 0.4) is 0 Å². The summed E-state index contributed by atoms with van der Waals surface area (Å²) in [6, 6.07) is 4.47. The molecule has 1 saturated carbocycles. The van der Waals surface area contributed by atoms with E-state index in [1.165, 1.54) is 18.2 Å². The number of aryl methyl sites for hydroxylation is 1. The number of fused-ring (bicyclic) bond motifs is 2. The Kier molecular flexibility index (Phi) is 6.12. The number of nitrogens with one attached hydrogen (secondary N) is 1. The van der Waals surface area contributed by atoms with Crippen LogP contribution < -0.4 is 10.1 Å². The van der Waals surface area contributed by atoms with Gasteiger partial charge in [-0.15, -0.1) is 0 Å². The van der Waals surface area contributed by atoms with E-state index >= 15 is 0 Å². The minimum absolute atomic E-state index is 0.0217. The van der Waals surface area contributed by atoms with Gasteiger partial charge >= 0.3 is 5.97 Å². The third kappa shape index (κ3) is 4.20.